The number of thiophene rings is 2. The van der Waals surface area contributed by atoms with Crippen LogP contribution in [0.2, 0.25) is 0 Å². The zero-order valence-corrected chi connectivity index (χ0v) is 40.9. The molecule has 0 bridgehead atoms. The minimum Gasteiger partial charge on any atom is -0.477 e. The first kappa shape index (κ1) is 47.2. The molecule has 0 saturated carbocycles. The quantitative estimate of drug-likeness (QED) is 0.116. The average molecular weight is 991 g/mol. The number of carboxylic acids is 1. The first-order valence-corrected chi connectivity index (χ1v) is 23.4. The highest BCUT2D eigenvalue weighted by molar-refractivity contribution is 14.1. The van der Waals surface area contributed by atoms with Crippen LogP contribution in [0.1, 0.15) is 120 Å². The highest BCUT2D eigenvalue weighted by Crippen LogP contribution is 2.45. The Balaban J connectivity index is 0.000000170. The van der Waals surface area contributed by atoms with Crippen LogP contribution in [0.25, 0.3) is 32.2 Å². The third-order valence-electron chi connectivity index (χ3n) is 10.4. The maximum atomic E-state index is 12.8. The third kappa shape index (κ3) is 10.9. The van der Waals surface area contributed by atoms with Crippen molar-refractivity contribution in [2.75, 3.05) is 14.2 Å². The zero-order chi connectivity index (χ0) is 45.1. The van der Waals surface area contributed by atoms with Gasteiger partial charge in [-0.05, 0) is 152 Å². The van der Waals surface area contributed by atoms with Crippen LogP contribution in [-0.4, -0.2) is 58.4 Å². The first-order chi connectivity index (χ1) is 29.3. The third-order valence-corrected chi connectivity index (χ3v) is 14.1. The standard InChI is InChI=1S/C24H27NO3S.C17H20INO3.C8H8O2S/c1-14-20(22(23(26)27-5)28-24(2,3)4)21(16-10-6-7-11-17(16)25-14)19-13-15-9-8-12-18(15)29-19;1-10-13(15(16(20)21-5)22-17(2,3)4)14(18)11-8-6-7-9-12(11)19-10;9-8(10)7-4-5-2-1-3-6(5)11-7/h6-7,10-11,13,22H,8-9,12H2,1-5H3;6-9,15H,1-5H3;4H,1-3H2,(H,9,10)/t22-;15-;/m00./s1. The van der Waals surface area contributed by atoms with Crippen molar-refractivity contribution in [1.29, 1.82) is 0 Å². The zero-order valence-electron chi connectivity index (χ0n) is 37.1. The summed E-state index contributed by atoms with van der Waals surface area (Å²) in [4.78, 5) is 49.4. The van der Waals surface area contributed by atoms with Gasteiger partial charge in [-0.15, -0.1) is 22.7 Å². The largest absolute Gasteiger partial charge is 0.477 e. The fourth-order valence-electron chi connectivity index (χ4n) is 7.80. The van der Waals surface area contributed by atoms with Crippen molar-refractivity contribution in [3.63, 3.8) is 0 Å². The van der Waals surface area contributed by atoms with Crippen LogP contribution >= 0.6 is 45.3 Å². The second-order valence-electron chi connectivity index (χ2n) is 17.3. The molecule has 0 spiro atoms. The van der Waals surface area contributed by atoms with E-state index >= 15 is 0 Å². The fourth-order valence-corrected chi connectivity index (χ4v) is 11.3. The second-order valence-corrected chi connectivity index (χ2v) is 20.7. The first-order valence-electron chi connectivity index (χ1n) is 20.7. The number of carboxylic acid groups (broad SMARTS) is 1. The molecule has 0 amide bonds. The van der Waals surface area contributed by atoms with Gasteiger partial charge in [0.25, 0.3) is 0 Å². The monoisotopic (exact) mass is 990 g/mol. The van der Waals surface area contributed by atoms with Gasteiger partial charge in [0, 0.05) is 57.1 Å². The maximum Gasteiger partial charge on any atom is 0.345 e. The fraction of sp³-hybridized carbons (Fsp3) is 0.408. The predicted octanol–water partition coefficient (Wildman–Crippen LogP) is 11.9. The number of ether oxygens (including phenoxy) is 4. The minimum atomic E-state index is -0.830. The van der Waals surface area contributed by atoms with Crippen LogP contribution in [-0.2, 0) is 54.2 Å². The molecule has 4 heterocycles. The van der Waals surface area contributed by atoms with Crippen molar-refractivity contribution in [3.05, 3.63) is 113 Å². The number of halogens is 1. The van der Waals surface area contributed by atoms with Crippen molar-refractivity contribution in [2.24, 2.45) is 0 Å². The van der Waals surface area contributed by atoms with Gasteiger partial charge in [-0.1, -0.05) is 36.4 Å². The van der Waals surface area contributed by atoms with Crippen LogP contribution in [0.3, 0.4) is 0 Å². The lowest BCUT2D eigenvalue weighted by atomic mass is 9.94. The highest BCUT2D eigenvalue weighted by Gasteiger charge is 2.35. The number of pyridine rings is 2. The SMILES string of the molecule is COC(=O)[C@@H](OC(C)(C)C)c1c(C)nc2ccccc2c1-c1cc2c(s1)CCC2.COC(=O)[C@@H](OC(C)(C)C)c1c(C)nc2ccccc2c1I.O=C(O)c1cc2c(s1)CCC2. The summed E-state index contributed by atoms with van der Waals surface area (Å²) in [7, 11) is 2.78. The Morgan fingerprint density at radius 2 is 1.15 bits per heavy atom. The van der Waals surface area contributed by atoms with E-state index in [2.05, 4.69) is 39.7 Å². The molecule has 6 aromatic rings. The number of aromatic nitrogens is 2. The number of hydrogen-bond donors (Lipinski definition) is 1. The van der Waals surface area contributed by atoms with Crippen LogP contribution in [0.4, 0.5) is 0 Å². The molecule has 10 nitrogen and oxygen atoms in total. The number of aromatic carboxylic acids is 1. The van der Waals surface area contributed by atoms with E-state index in [1.807, 2.05) is 115 Å². The molecule has 2 aliphatic rings. The van der Waals surface area contributed by atoms with Crippen LogP contribution in [0.5, 0.6) is 0 Å². The summed E-state index contributed by atoms with van der Waals surface area (Å²) < 4.78 is 23.3. The Hall–Kier alpha value is -4.28. The molecule has 0 fully saturated rings. The minimum absolute atomic E-state index is 0.398. The van der Waals surface area contributed by atoms with E-state index in [-0.39, 0.29) is 0 Å². The Morgan fingerprint density at radius 1 is 0.677 bits per heavy atom. The van der Waals surface area contributed by atoms with Crippen molar-refractivity contribution >= 4 is 85.0 Å². The lowest BCUT2D eigenvalue weighted by molar-refractivity contribution is -0.164. The molecule has 0 saturated heterocycles. The number of fused-ring (bicyclic) bond motifs is 4. The molecule has 2 aliphatic carbocycles. The molecule has 4 aromatic heterocycles. The molecular formula is C49H55IN2O8S2. The number of nitrogens with zero attached hydrogens (tertiary/aromatic N) is 2. The maximum absolute atomic E-state index is 12.8. The number of hydrogen-bond acceptors (Lipinski definition) is 11. The van der Waals surface area contributed by atoms with Crippen molar-refractivity contribution in [3.8, 4) is 10.4 Å². The number of rotatable bonds is 8. The number of benzene rings is 2. The van der Waals surface area contributed by atoms with E-state index in [9.17, 15) is 14.4 Å². The topological polar surface area (TPSA) is 134 Å². The van der Waals surface area contributed by atoms with Crippen LogP contribution in [0.15, 0.2) is 60.7 Å². The Kier molecular flexibility index (Phi) is 14.9. The van der Waals surface area contributed by atoms with E-state index in [0.29, 0.717) is 4.88 Å². The van der Waals surface area contributed by atoms with Gasteiger partial charge in [-0.2, -0.15) is 0 Å². The van der Waals surface area contributed by atoms with Gasteiger partial charge in [-0.3, -0.25) is 9.97 Å². The molecule has 2 atom stereocenters. The smallest absolute Gasteiger partial charge is 0.345 e. The molecule has 0 aliphatic heterocycles. The van der Waals surface area contributed by atoms with Crippen LogP contribution < -0.4 is 0 Å². The van der Waals surface area contributed by atoms with E-state index in [0.717, 1.165) is 79.1 Å². The summed E-state index contributed by atoms with van der Waals surface area (Å²) in [6.45, 7) is 15.4. The number of aryl methyl sites for hydroxylation is 6. The number of esters is 2. The van der Waals surface area contributed by atoms with Gasteiger partial charge in [0.2, 0.25) is 0 Å². The summed E-state index contributed by atoms with van der Waals surface area (Å²) in [5, 5.41) is 10.7. The Labute approximate surface area is 385 Å². The van der Waals surface area contributed by atoms with E-state index in [4.69, 9.17) is 29.0 Å². The van der Waals surface area contributed by atoms with Crippen LogP contribution in [0, 0.1) is 17.4 Å². The normalized spacial score (nSPS) is 14.2. The molecule has 62 heavy (non-hydrogen) atoms. The van der Waals surface area contributed by atoms with Gasteiger partial charge < -0.3 is 24.1 Å². The van der Waals surface area contributed by atoms with Gasteiger partial charge in [0.15, 0.2) is 12.2 Å². The number of methoxy groups -OCH3 is 2. The number of carbonyl (C=O) groups is 3. The van der Waals surface area contributed by atoms with Crippen molar-refractivity contribution in [1.82, 2.24) is 9.97 Å². The lowest BCUT2D eigenvalue weighted by Gasteiger charge is -2.28. The highest BCUT2D eigenvalue weighted by atomic mass is 127. The average Bonchev–Trinajstić information content (AvgIpc) is 4.01. The molecule has 8 rings (SSSR count). The predicted molar refractivity (Wildman–Crippen MR) is 256 cm³/mol. The summed E-state index contributed by atoms with van der Waals surface area (Å²) in [6, 6.07) is 20.1. The van der Waals surface area contributed by atoms with Crippen molar-refractivity contribution < 1.29 is 38.4 Å². The molecule has 1 N–H and O–H groups in total. The van der Waals surface area contributed by atoms with Crippen molar-refractivity contribution in [2.45, 2.75) is 117 Å². The van der Waals surface area contributed by atoms with Gasteiger partial charge in [0.05, 0.1) is 36.5 Å². The molecule has 0 unspecified atom stereocenters. The molecule has 13 heteroatoms. The number of para-hydroxylation sites is 2. The Morgan fingerprint density at radius 3 is 1.65 bits per heavy atom. The van der Waals surface area contributed by atoms with E-state index in [1.165, 1.54) is 64.2 Å². The molecular weight excluding hydrogens is 936 g/mol. The molecule has 0 radical (unpaired) electrons. The Bertz CT molecular complexity index is 2580. The van der Waals surface area contributed by atoms with E-state index < -0.39 is 41.3 Å². The number of carbonyl (C=O) groups excluding carboxylic acids is 2. The lowest BCUT2D eigenvalue weighted by Crippen LogP contribution is -2.29. The van der Waals surface area contributed by atoms with Gasteiger partial charge >= 0.3 is 17.9 Å². The van der Waals surface area contributed by atoms with Gasteiger partial charge in [-0.25, -0.2) is 14.4 Å². The van der Waals surface area contributed by atoms with Gasteiger partial charge in [0.1, 0.15) is 4.88 Å². The van der Waals surface area contributed by atoms with E-state index in [1.54, 1.807) is 0 Å². The molecule has 328 valence electrons. The molecule has 2 aromatic carbocycles. The summed E-state index contributed by atoms with van der Waals surface area (Å²) in [5.41, 5.74) is 7.76. The summed E-state index contributed by atoms with van der Waals surface area (Å²) in [6.07, 6.45) is 5.21. The summed E-state index contributed by atoms with van der Waals surface area (Å²) >= 11 is 5.52. The second kappa shape index (κ2) is 19.6. The summed E-state index contributed by atoms with van der Waals surface area (Å²) in [5.74, 6) is -1.59.